The van der Waals surface area contributed by atoms with E-state index >= 15 is 0 Å². The molecule has 0 nitrogen and oxygen atoms in total. The van der Waals surface area contributed by atoms with Gasteiger partial charge >= 0.3 is 356 Å². The number of benzene rings is 7. The summed E-state index contributed by atoms with van der Waals surface area (Å²) in [5.41, 5.74) is 18.0. The second-order valence-corrected chi connectivity index (χ2v) is 24.1. The van der Waals surface area contributed by atoms with Crippen LogP contribution in [0.1, 0.15) is 101 Å². The molecule has 0 radical (unpaired) electrons. The molecule has 60 heavy (non-hydrogen) atoms. The van der Waals surface area contributed by atoms with Gasteiger partial charge in [-0.2, -0.15) is 0 Å². The predicted octanol–water partition coefficient (Wildman–Crippen LogP) is 8.54. The first-order valence-electron chi connectivity index (χ1n) is 20.8. The van der Waals surface area contributed by atoms with Crippen LogP contribution in [0.15, 0.2) is 197 Å². The van der Waals surface area contributed by atoms with Crippen LogP contribution in [0.2, 0.25) is 0 Å². The molecular formula is C57H52Cl2Zr. The summed E-state index contributed by atoms with van der Waals surface area (Å²) < 4.78 is 3.44. The largest absolute Gasteiger partial charge is 1.00 e. The topological polar surface area (TPSA) is 0 Å². The second-order valence-electron chi connectivity index (χ2n) is 18.0. The van der Waals surface area contributed by atoms with Crippen molar-refractivity contribution in [2.75, 3.05) is 0 Å². The Bertz CT molecular complexity index is 2590. The van der Waals surface area contributed by atoms with E-state index in [-0.39, 0.29) is 45.2 Å². The predicted molar refractivity (Wildman–Crippen MR) is 244 cm³/mol. The SMILES string of the molecule is CC(C)(C)c1ccc2c(c1)[CH]([Zr+2]([C]1=C(c3ccccc3)C(c3ccccc3)=CC1c1ccccc1)=[C](c1ccccc1)c1ccccc1)c1cc(C(C)(C)C)ccc1-2.[Cl-].[Cl-]. The number of hydrogen-bond donors (Lipinski definition) is 0. The van der Waals surface area contributed by atoms with E-state index in [0.29, 0.717) is 0 Å². The zero-order valence-corrected chi connectivity index (χ0v) is 39.4. The van der Waals surface area contributed by atoms with Crippen molar-refractivity contribution in [3.05, 3.63) is 247 Å². The summed E-state index contributed by atoms with van der Waals surface area (Å²) in [6.07, 6.45) is 2.63. The van der Waals surface area contributed by atoms with Gasteiger partial charge in [0.15, 0.2) is 0 Å². The first-order chi connectivity index (χ1) is 28.1. The first-order valence-corrected chi connectivity index (χ1v) is 24.7. The molecule has 2 aliphatic carbocycles. The van der Waals surface area contributed by atoms with Crippen LogP contribution in [-0.4, -0.2) is 3.21 Å². The Balaban J connectivity index is 0.00000272. The zero-order valence-electron chi connectivity index (χ0n) is 35.4. The van der Waals surface area contributed by atoms with Crippen molar-refractivity contribution in [2.45, 2.75) is 61.9 Å². The van der Waals surface area contributed by atoms with Crippen molar-refractivity contribution in [3.8, 4) is 11.1 Å². The van der Waals surface area contributed by atoms with Crippen LogP contribution in [-0.2, 0) is 32.1 Å². The third kappa shape index (κ3) is 8.22. The van der Waals surface area contributed by atoms with Crippen molar-refractivity contribution < 1.29 is 46.1 Å². The van der Waals surface area contributed by atoms with Gasteiger partial charge in [0.25, 0.3) is 0 Å². The number of halogens is 2. The molecule has 7 aromatic rings. The molecule has 2 aliphatic rings. The molecule has 0 amide bonds. The van der Waals surface area contributed by atoms with Crippen LogP contribution in [0.3, 0.4) is 0 Å². The van der Waals surface area contributed by atoms with E-state index in [1.54, 1.807) is 6.49 Å². The number of allylic oxidation sites excluding steroid dienone is 4. The van der Waals surface area contributed by atoms with Gasteiger partial charge in [-0.25, -0.2) is 0 Å². The fourth-order valence-corrected chi connectivity index (χ4v) is 19.2. The molecule has 0 aromatic heterocycles. The Hall–Kier alpha value is -4.65. The second kappa shape index (κ2) is 17.8. The Kier molecular flexibility index (Phi) is 12.9. The number of rotatable bonds is 7. The van der Waals surface area contributed by atoms with Crippen LogP contribution in [0, 0.1) is 0 Å². The Morgan fingerprint density at radius 2 is 0.850 bits per heavy atom. The fourth-order valence-electron chi connectivity index (χ4n) is 9.26. The van der Waals surface area contributed by atoms with Crippen molar-refractivity contribution in [1.82, 2.24) is 0 Å². The van der Waals surface area contributed by atoms with Crippen molar-refractivity contribution in [3.63, 3.8) is 0 Å². The molecule has 3 heteroatoms. The molecular weight excluding hydrogens is 847 g/mol. The van der Waals surface area contributed by atoms with Gasteiger partial charge in [0.2, 0.25) is 0 Å². The van der Waals surface area contributed by atoms with E-state index < -0.39 is 21.3 Å². The van der Waals surface area contributed by atoms with E-state index in [2.05, 4.69) is 236 Å². The van der Waals surface area contributed by atoms with Gasteiger partial charge in [-0.1, -0.05) is 0 Å². The van der Waals surface area contributed by atoms with Crippen LogP contribution in [0.25, 0.3) is 22.3 Å². The quantitative estimate of drug-likeness (QED) is 0.151. The fraction of sp³-hybridized carbons (Fsp3) is 0.175. The van der Waals surface area contributed by atoms with Crippen LogP contribution >= 0.6 is 0 Å². The molecule has 0 heterocycles. The van der Waals surface area contributed by atoms with Crippen LogP contribution in [0.4, 0.5) is 0 Å². The molecule has 7 aromatic carbocycles. The smallest absolute Gasteiger partial charge is 1.00 e. The zero-order chi connectivity index (χ0) is 40.0. The molecule has 0 saturated carbocycles. The van der Waals surface area contributed by atoms with E-state index in [0.717, 1.165) is 0 Å². The van der Waals surface area contributed by atoms with Crippen LogP contribution in [0.5, 0.6) is 0 Å². The average molecular weight is 899 g/mol. The van der Waals surface area contributed by atoms with E-state index in [1.807, 2.05) is 0 Å². The van der Waals surface area contributed by atoms with Gasteiger partial charge in [-0.3, -0.25) is 0 Å². The normalized spacial score (nSPS) is 14.6. The Morgan fingerprint density at radius 1 is 0.450 bits per heavy atom. The summed E-state index contributed by atoms with van der Waals surface area (Å²) in [6, 6.07) is 71.7. The van der Waals surface area contributed by atoms with Crippen LogP contribution < -0.4 is 24.8 Å². The maximum Gasteiger partial charge on any atom is -1.00 e. The first kappa shape index (κ1) is 43.4. The standard InChI is InChI=1S/C23H17.C21H25.C13H10.2ClH.Zr/c1-4-10-18(11-5-1)21-16-22(19-12-6-2-7-13-19)23(17-21)20-14-8-3-9-15-20;1-20(2,3)16-7-9-18-14(12-16)11-15-13-17(21(4,5)6)8-10-19(15)18;1-3-7-12(8-4-1)11-13-9-5-2-6-10-13;;;/h1-16,21H;7-13H,1-6H3;1-10H;2*1H;/q;;;;;+2/p-2. The molecule has 1 atom stereocenters. The minimum atomic E-state index is -3.38. The van der Waals surface area contributed by atoms with Gasteiger partial charge in [0, 0.05) is 0 Å². The number of fused-ring (bicyclic) bond motifs is 3. The van der Waals surface area contributed by atoms with Crippen molar-refractivity contribution >= 4 is 14.4 Å². The van der Waals surface area contributed by atoms with Gasteiger partial charge in [0.05, 0.1) is 0 Å². The monoisotopic (exact) mass is 896 g/mol. The van der Waals surface area contributed by atoms with E-state index in [9.17, 15) is 0 Å². The summed E-state index contributed by atoms with van der Waals surface area (Å²) in [4.78, 5) is 0. The molecule has 1 unspecified atom stereocenters. The van der Waals surface area contributed by atoms with Crippen molar-refractivity contribution in [1.29, 1.82) is 0 Å². The molecule has 0 spiro atoms. The van der Waals surface area contributed by atoms with Gasteiger partial charge < -0.3 is 24.8 Å². The summed E-state index contributed by atoms with van der Waals surface area (Å²) in [5.74, 6) is 0.118. The van der Waals surface area contributed by atoms with E-state index in [1.165, 1.54) is 72.3 Å². The summed E-state index contributed by atoms with van der Waals surface area (Å²) in [6.45, 7) is 14.2. The molecule has 298 valence electrons. The maximum absolute atomic E-state index is 3.38. The van der Waals surface area contributed by atoms with Gasteiger partial charge in [-0.05, 0) is 0 Å². The average Bonchev–Trinajstić information content (AvgIpc) is 3.80. The molecule has 0 N–H and O–H groups in total. The third-order valence-electron chi connectivity index (χ3n) is 12.2. The molecule has 0 aliphatic heterocycles. The Morgan fingerprint density at radius 3 is 1.28 bits per heavy atom. The van der Waals surface area contributed by atoms with Crippen molar-refractivity contribution in [2.24, 2.45) is 0 Å². The Labute approximate surface area is 378 Å². The summed E-state index contributed by atoms with van der Waals surface area (Å²) in [7, 11) is 0. The minimum absolute atomic E-state index is 0. The van der Waals surface area contributed by atoms with Gasteiger partial charge in [0.1, 0.15) is 0 Å². The molecule has 0 bridgehead atoms. The third-order valence-corrected chi connectivity index (χ3v) is 20.7. The molecule has 0 fully saturated rings. The van der Waals surface area contributed by atoms with Gasteiger partial charge in [-0.15, -0.1) is 0 Å². The molecule has 9 rings (SSSR count). The number of hydrogen-bond acceptors (Lipinski definition) is 0. The maximum atomic E-state index is 2.63. The minimum Gasteiger partial charge on any atom is -1.00 e. The summed E-state index contributed by atoms with van der Waals surface area (Å²) >= 11 is -3.38. The van der Waals surface area contributed by atoms with E-state index in [4.69, 9.17) is 0 Å². The molecule has 0 saturated heterocycles. The summed E-state index contributed by atoms with van der Waals surface area (Å²) in [5, 5.41) is 0.